The molecule has 2 fully saturated rings. The summed E-state index contributed by atoms with van der Waals surface area (Å²) in [6, 6.07) is 2.10. The van der Waals surface area contributed by atoms with Crippen LogP contribution in [0.3, 0.4) is 0 Å². The summed E-state index contributed by atoms with van der Waals surface area (Å²) in [5.41, 5.74) is 0. The van der Waals surface area contributed by atoms with E-state index in [1.807, 2.05) is 11.8 Å². The van der Waals surface area contributed by atoms with Crippen LogP contribution in [-0.2, 0) is 0 Å². The van der Waals surface area contributed by atoms with Crippen LogP contribution in [0.2, 0.25) is 0 Å². The molecule has 1 aromatic heterocycles. The summed E-state index contributed by atoms with van der Waals surface area (Å²) in [6.07, 6.45) is 7.90. The maximum absolute atomic E-state index is 4.43. The van der Waals surface area contributed by atoms with Crippen LogP contribution in [0.4, 0.5) is 11.6 Å². The van der Waals surface area contributed by atoms with Crippen molar-refractivity contribution in [2.45, 2.75) is 19.3 Å². The molecule has 1 aliphatic carbocycles. The van der Waals surface area contributed by atoms with Gasteiger partial charge in [-0.2, -0.15) is 11.8 Å². The van der Waals surface area contributed by atoms with Crippen LogP contribution in [0.1, 0.15) is 19.3 Å². The minimum Gasteiger partial charge on any atom is -0.370 e. The van der Waals surface area contributed by atoms with Gasteiger partial charge in [-0.3, -0.25) is 0 Å². The number of anilines is 2. The molecule has 0 bridgehead atoms. The van der Waals surface area contributed by atoms with E-state index in [-0.39, 0.29) is 0 Å². The third-order valence-electron chi connectivity index (χ3n) is 3.93. The third-order valence-corrected chi connectivity index (χ3v) is 4.74. The van der Waals surface area contributed by atoms with Gasteiger partial charge in [-0.1, -0.05) is 0 Å². The lowest BCUT2D eigenvalue weighted by atomic mass is 10.2. The second-order valence-corrected chi connectivity index (χ2v) is 6.55. The molecule has 2 heterocycles. The van der Waals surface area contributed by atoms with Crippen molar-refractivity contribution < 1.29 is 0 Å². The summed E-state index contributed by atoms with van der Waals surface area (Å²) in [4.78, 5) is 11.1. The average Bonchev–Trinajstić information content (AvgIpc) is 3.15. The van der Waals surface area contributed by atoms with E-state index in [1.54, 1.807) is 6.33 Å². The number of nitrogens with one attached hydrogen (secondary N) is 1. The van der Waals surface area contributed by atoms with Crippen LogP contribution >= 0.6 is 11.8 Å². The molecule has 0 spiro atoms. The van der Waals surface area contributed by atoms with Gasteiger partial charge in [0.1, 0.15) is 18.0 Å². The van der Waals surface area contributed by atoms with E-state index >= 15 is 0 Å². The summed E-state index contributed by atoms with van der Waals surface area (Å²) < 4.78 is 0. The quantitative estimate of drug-likeness (QED) is 0.866. The highest BCUT2D eigenvalue weighted by Gasteiger charge is 2.24. The second-order valence-electron chi connectivity index (χ2n) is 5.64. The summed E-state index contributed by atoms with van der Waals surface area (Å²) in [7, 11) is 0. The molecular formula is C14H22N4S. The highest BCUT2D eigenvalue weighted by atomic mass is 32.2. The van der Waals surface area contributed by atoms with Crippen molar-refractivity contribution in [2.75, 3.05) is 41.9 Å². The Balaban J connectivity index is 1.59. The van der Waals surface area contributed by atoms with E-state index in [9.17, 15) is 0 Å². The number of thioether (sulfide) groups is 1. The van der Waals surface area contributed by atoms with E-state index in [1.165, 1.54) is 25.0 Å². The van der Waals surface area contributed by atoms with Gasteiger partial charge in [-0.15, -0.1) is 0 Å². The molecule has 2 aliphatic rings. The lowest BCUT2D eigenvalue weighted by molar-refractivity contribution is 0.671. The number of hydrogen-bond donors (Lipinski definition) is 1. The van der Waals surface area contributed by atoms with Gasteiger partial charge >= 0.3 is 0 Å². The van der Waals surface area contributed by atoms with Crippen LogP contribution < -0.4 is 10.2 Å². The van der Waals surface area contributed by atoms with Crippen molar-refractivity contribution in [3.05, 3.63) is 12.4 Å². The first-order valence-electron chi connectivity index (χ1n) is 7.15. The Morgan fingerprint density at radius 1 is 1.32 bits per heavy atom. The molecule has 1 atom stereocenters. The van der Waals surface area contributed by atoms with E-state index in [4.69, 9.17) is 0 Å². The van der Waals surface area contributed by atoms with Gasteiger partial charge in [0, 0.05) is 25.7 Å². The Labute approximate surface area is 119 Å². The predicted octanol–water partition coefficient (Wildman–Crippen LogP) is 2.49. The molecule has 3 rings (SSSR count). The fourth-order valence-electron chi connectivity index (χ4n) is 2.60. The molecule has 19 heavy (non-hydrogen) atoms. The van der Waals surface area contributed by atoms with Crippen LogP contribution in [-0.4, -0.2) is 41.6 Å². The predicted molar refractivity (Wildman–Crippen MR) is 81.9 cm³/mol. The SMILES string of the molecule is CSC[C@@H]1CCN(c2cc(NCC3CC3)ncn2)C1. The van der Waals surface area contributed by atoms with Gasteiger partial charge in [-0.25, -0.2) is 9.97 Å². The van der Waals surface area contributed by atoms with Crippen molar-refractivity contribution in [1.82, 2.24) is 9.97 Å². The zero-order chi connectivity index (χ0) is 13.1. The zero-order valence-electron chi connectivity index (χ0n) is 11.5. The summed E-state index contributed by atoms with van der Waals surface area (Å²) in [6.45, 7) is 3.33. The van der Waals surface area contributed by atoms with Crippen LogP contribution in [0.15, 0.2) is 12.4 Å². The molecule has 1 aliphatic heterocycles. The summed E-state index contributed by atoms with van der Waals surface area (Å²) in [5, 5.41) is 3.42. The number of rotatable bonds is 6. The number of hydrogen-bond acceptors (Lipinski definition) is 5. The molecule has 1 saturated heterocycles. The van der Waals surface area contributed by atoms with Crippen molar-refractivity contribution in [2.24, 2.45) is 11.8 Å². The molecule has 1 N–H and O–H groups in total. The van der Waals surface area contributed by atoms with E-state index in [2.05, 4.69) is 32.5 Å². The number of aromatic nitrogens is 2. The van der Waals surface area contributed by atoms with Gasteiger partial charge in [0.25, 0.3) is 0 Å². The smallest absolute Gasteiger partial charge is 0.134 e. The second kappa shape index (κ2) is 5.99. The first kappa shape index (κ1) is 13.0. The molecule has 0 unspecified atom stereocenters. The van der Waals surface area contributed by atoms with Gasteiger partial charge in [0.15, 0.2) is 0 Å². The Kier molecular flexibility index (Phi) is 4.11. The fourth-order valence-corrected chi connectivity index (χ4v) is 3.34. The third kappa shape index (κ3) is 3.53. The molecule has 0 radical (unpaired) electrons. The molecule has 4 nitrogen and oxygen atoms in total. The lowest BCUT2D eigenvalue weighted by Gasteiger charge is -2.18. The Bertz CT molecular complexity index is 422. The Morgan fingerprint density at radius 3 is 3.00 bits per heavy atom. The molecule has 1 saturated carbocycles. The minimum absolute atomic E-state index is 0.813. The molecular weight excluding hydrogens is 256 g/mol. The largest absolute Gasteiger partial charge is 0.370 e. The first-order chi connectivity index (χ1) is 9.35. The summed E-state index contributed by atoms with van der Waals surface area (Å²) in [5.74, 6) is 5.00. The minimum atomic E-state index is 0.813. The topological polar surface area (TPSA) is 41.0 Å². The molecule has 5 heteroatoms. The van der Waals surface area contributed by atoms with E-state index < -0.39 is 0 Å². The lowest BCUT2D eigenvalue weighted by Crippen LogP contribution is -2.21. The zero-order valence-corrected chi connectivity index (χ0v) is 12.3. The average molecular weight is 278 g/mol. The van der Waals surface area contributed by atoms with Crippen molar-refractivity contribution in [3.63, 3.8) is 0 Å². The van der Waals surface area contributed by atoms with E-state index in [0.717, 1.165) is 43.1 Å². The van der Waals surface area contributed by atoms with Crippen molar-refractivity contribution in [3.8, 4) is 0 Å². The van der Waals surface area contributed by atoms with Crippen molar-refractivity contribution >= 4 is 23.4 Å². The molecule has 1 aromatic rings. The van der Waals surface area contributed by atoms with Gasteiger partial charge in [-0.05, 0) is 43.1 Å². The van der Waals surface area contributed by atoms with Gasteiger partial charge in [0.2, 0.25) is 0 Å². The molecule has 0 aromatic carbocycles. The van der Waals surface area contributed by atoms with Gasteiger partial charge in [0.05, 0.1) is 0 Å². The van der Waals surface area contributed by atoms with Gasteiger partial charge < -0.3 is 10.2 Å². The fraction of sp³-hybridized carbons (Fsp3) is 0.714. The maximum atomic E-state index is 4.43. The normalized spacial score (nSPS) is 22.8. The standard InChI is InChI=1S/C14H22N4S/c1-19-9-12-4-5-18(8-12)14-6-13(16-10-17-14)15-7-11-2-3-11/h6,10-12H,2-5,7-9H2,1H3,(H,15,16,17)/t12-/m1/s1. The number of nitrogens with zero attached hydrogens (tertiary/aromatic N) is 3. The Hall–Kier alpha value is -0.970. The monoisotopic (exact) mass is 278 g/mol. The highest BCUT2D eigenvalue weighted by Crippen LogP contribution is 2.29. The molecule has 104 valence electrons. The van der Waals surface area contributed by atoms with Crippen molar-refractivity contribution in [1.29, 1.82) is 0 Å². The van der Waals surface area contributed by atoms with E-state index in [0.29, 0.717) is 0 Å². The van der Waals surface area contributed by atoms with Crippen LogP contribution in [0.25, 0.3) is 0 Å². The molecule has 0 amide bonds. The summed E-state index contributed by atoms with van der Waals surface area (Å²) >= 11 is 1.95. The highest BCUT2D eigenvalue weighted by molar-refractivity contribution is 7.98. The van der Waals surface area contributed by atoms with Crippen LogP contribution in [0, 0.1) is 11.8 Å². The maximum Gasteiger partial charge on any atom is 0.134 e. The Morgan fingerprint density at radius 2 is 2.21 bits per heavy atom. The first-order valence-corrected chi connectivity index (χ1v) is 8.54. The van der Waals surface area contributed by atoms with Crippen LogP contribution in [0.5, 0.6) is 0 Å².